The number of ether oxygens (including phenoxy) is 1. The zero-order valence-corrected chi connectivity index (χ0v) is 15.1. The molecule has 0 radical (unpaired) electrons. The van der Waals surface area contributed by atoms with Gasteiger partial charge in [-0.25, -0.2) is 4.39 Å². The third-order valence-electron chi connectivity index (χ3n) is 5.03. The van der Waals surface area contributed by atoms with Gasteiger partial charge in [-0.2, -0.15) is 0 Å². The summed E-state index contributed by atoms with van der Waals surface area (Å²) in [5.74, 6) is -0.209. The first-order valence-electron chi connectivity index (χ1n) is 9.13. The lowest BCUT2D eigenvalue weighted by Gasteiger charge is -2.29. The van der Waals surface area contributed by atoms with Gasteiger partial charge < -0.3 is 19.4 Å². The van der Waals surface area contributed by atoms with Gasteiger partial charge in [0.15, 0.2) is 11.5 Å². The van der Waals surface area contributed by atoms with E-state index in [-0.39, 0.29) is 11.5 Å². The minimum absolute atomic E-state index is 0.0110. The van der Waals surface area contributed by atoms with Crippen molar-refractivity contribution < 1.29 is 23.1 Å². The summed E-state index contributed by atoms with van der Waals surface area (Å²) in [6.07, 6.45) is 1.85. The van der Waals surface area contributed by atoms with Crippen LogP contribution in [0.15, 0.2) is 22.6 Å². The van der Waals surface area contributed by atoms with E-state index in [9.17, 15) is 14.0 Å². The molecule has 0 atom stereocenters. The van der Waals surface area contributed by atoms with E-state index >= 15 is 0 Å². The second-order valence-corrected chi connectivity index (χ2v) is 6.88. The van der Waals surface area contributed by atoms with Gasteiger partial charge in [0, 0.05) is 42.9 Å². The normalized spacial score (nSPS) is 17.0. The van der Waals surface area contributed by atoms with Crippen molar-refractivity contribution in [2.45, 2.75) is 26.2 Å². The van der Waals surface area contributed by atoms with Gasteiger partial charge in [-0.3, -0.25) is 9.59 Å². The topological polar surface area (TPSA) is 71.8 Å². The lowest BCUT2D eigenvalue weighted by Crippen LogP contribution is -2.36. The molecule has 1 N–H and O–H groups in total. The minimum atomic E-state index is -0.478. The Hall–Kier alpha value is -2.67. The number of rotatable bonds is 3. The summed E-state index contributed by atoms with van der Waals surface area (Å²) in [5, 5.41) is 2.70. The predicted octanol–water partition coefficient (Wildman–Crippen LogP) is 3.34. The quantitative estimate of drug-likeness (QED) is 0.895. The molecule has 142 valence electrons. The number of Topliss-reactive ketones (excluding diaryl/α,β-unsaturated/α-hetero) is 1. The number of halogens is 1. The fourth-order valence-corrected chi connectivity index (χ4v) is 3.70. The number of fused-ring (bicyclic) bond motifs is 1. The van der Waals surface area contributed by atoms with Gasteiger partial charge >= 0.3 is 0 Å². The summed E-state index contributed by atoms with van der Waals surface area (Å²) >= 11 is 0. The van der Waals surface area contributed by atoms with Crippen molar-refractivity contribution >= 4 is 23.1 Å². The van der Waals surface area contributed by atoms with Crippen molar-refractivity contribution in [2.75, 3.05) is 36.5 Å². The third kappa shape index (κ3) is 3.47. The highest BCUT2D eigenvalue weighted by molar-refractivity contribution is 6.07. The maximum Gasteiger partial charge on any atom is 0.291 e. The molecular weight excluding hydrogens is 351 g/mol. The molecule has 2 heterocycles. The molecular formula is C20H21FN2O4. The molecule has 1 aromatic heterocycles. The number of ketones is 1. The average Bonchev–Trinajstić information content (AvgIpc) is 3.00. The summed E-state index contributed by atoms with van der Waals surface area (Å²) in [6.45, 7) is 4.23. The number of hydrogen-bond acceptors (Lipinski definition) is 5. The minimum Gasteiger partial charge on any atom is -0.455 e. The summed E-state index contributed by atoms with van der Waals surface area (Å²) in [6, 6.07) is 4.44. The van der Waals surface area contributed by atoms with Crippen LogP contribution in [-0.2, 0) is 11.2 Å². The second-order valence-electron chi connectivity index (χ2n) is 6.88. The number of carbonyl (C=O) groups is 2. The van der Waals surface area contributed by atoms with Gasteiger partial charge in [0.1, 0.15) is 11.6 Å². The highest BCUT2D eigenvalue weighted by Crippen LogP contribution is 2.30. The molecule has 6 nitrogen and oxygen atoms in total. The highest BCUT2D eigenvalue weighted by Gasteiger charge is 2.29. The Morgan fingerprint density at radius 1 is 1.19 bits per heavy atom. The maximum atomic E-state index is 14.1. The Morgan fingerprint density at radius 2 is 1.96 bits per heavy atom. The van der Waals surface area contributed by atoms with Crippen molar-refractivity contribution in [1.29, 1.82) is 0 Å². The van der Waals surface area contributed by atoms with E-state index in [1.165, 1.54) is 12.1 Å². The summed E-state index contributed by atoms with van der Waals surface area (Å²) < 4.78 is 25.1. The van der Waals surface area contributed by atoms with E-state index in [1.54, 1.807) is 13.0 Å². The van der Waals surface area contributed by atoms with Crippen LogP contribution in [-0.4, -0.2) is 38.0 Å². The van der Waals surface area contributed by atoms with Crippen molar-refractivity contribution in [3.05, 3.63) is 46.7 Å². The molecule has 2 aliphatic rings. The molecule has 0 saturated carbocycles. The van der Waals surface area contributed by atoms with Gasteiger partial charge in [0.2, 0.25) is 0 Å². The Labute approximate surface area is 156 Å². The monoisotopic (exact) mass is 372 g/mol. The van der Waals surface area contributed by atoms with Gasteiger partial charge in [-0.1, -0.05) is 0 Å². The number of anilines is 2. The lowest BCUT2D eigenvalue weighted by atomic mass is 9.94. The number of nitrogens with zero attached hydrogens (tertiary/aromatic N) is 1. The third-order valence-corrected chi connectivity index (χ3v) is 5.03. The molecule has 1 amide bonds. The van der Waals surface area contributed by atoms with E-state index in [0.717, 1.165) is 6.42 Å². The van der Waals surface area contributed by atoms with E-state index in [0.29, 0.717) is 67.4 Å². The Balaban J connectivity index is 1.58. The van der Waals surface area contributed by atoms with Gasteiger partial charge in [0.05, 0.1) is 18.8 Å². The van der Waals surface area contributed by atoms with E-state index < -0.39 is 11.7 Å². The number of carbonyl (C=O) groups excluding carboxylic acids is 2. The molecule has 1 aliphatic heterocycles. The van der Waals surface area contributed by atoms with E-state index in [4.69, 9.17) is 9.15 Å². The van der Waals surface area contributed by atoms with Crippen LogP contribution in [0, 0.1) is 12.7 Å². The van der Waals surface area contributed by atoms with Gasteiger partial charge in [0.25, 0.3) is 5.91 Å². The number of benzene rings is 1. The average molecular weight is 372 g/mol. The Morgan fingerprint density at radius 3 is 2.70 bits per heavy atom. The van der Waals surface area contributed by atoms with E-state index in [1.807, 2.05) is 4.90 Å². The Kier molecular flexibility index (Phi) is 4.70. The smallest absolute Gasteiger partial charge is 0.291 e. The molecule has 1 saturated heterocycles. The lowest BCUT2D eigenvalue weighted by molar-refractivity contribution is 0.0963. The number of nitrogens with one attached hydrogen (secondary N) is 1. The van der Waals surface area contributed by atoms with Crippen LogP contribution in [0.3, 0.4) is 0 Å². The zero-order valence-electron chi connectivity index (χ0n) is 15.1. The van der Waals surface area contributed by atoms with Crippen molar-refractivity contribution in [2.24, 2.45) is 0 Å². The fraction of sp³-hybridized carbons (Fsp3) is 0.400. The largest absolute Gasteiger partial charge is 0.455 e. The SMILES string of the molecule is Cc1c(C(=O)Nc2cc(F)cc(N3CCOCC3)c2)oc2c1C(=O)CCC2. The first-order chi connectivity index (χ1) is 13.0. The van der Waals surface area contributed by atoms with Crippen LogP contribution >= 0.6 is 0 Å². The molecule has 27 heavy (non-hydrogen) atoms. The molecule has 0 unspecified atom stereocenters. The first-order valence-corrected chi connectivity index (χ1v) is 9.13. The van der Waals surface area contributed by atoms with Crippen LogP contribution in [0.4, 0.5) is 15.8 Å². The van der Waals surface area contributed by atoms with Crippen LogP contribution in [0.1, 0.15) is 45.1 Å². The molecule has 4 rings (SSSR count). The number of furan rings is 1. The highest BCUT2D eigenvalue weighted by atomic mass is 19.1. The molecule has 1 aliphatic carbocycles. The van der Waals surface area contributed by atoms with Crippen molar-refractivity contribution in [3.63, 3.8) is 0 Å². The molecule has 2 aromatic rings. The van der Waals surface area contributed by atoms with Crippen LogP contribution < -0.4 is 10.2 Å². The van der Waals surface area contributed by atoms with Crippen LogP contribution in [0.25, 0.3) is 0 Å². The second kappa shape index (κ2) is 7.15. The number of amides is 1. The fourth-order valence-electron chi connectivity index (χ4n) is 3.70. The summed E-state index contributed by atoms with van der Waals surface area (Å²) in [5.41, 5.74) is 2.12. The number of morpholine rings is 1. The Bertz CT molecular complexity index is 900. The molecule has 1 fully saturated rings. The summed E-state index contributed by atoms with van der Waals surface area (Å²) in [4.78, 5) is 26.8. The number of aryl methyl sites for hydroxylation is 1. The molecule has 1 aromatic carbocycles. The summed E-state index contributed by atoms with van der Waals surface area (Å²) in [7, 11) is 0. The van der Waals surface area contributed by atoms with Gasteiger partial charge in [-0.05, 0) is 31.5 Å². The zero-order chi connectivity index (χ0) is 19.0. The molecule has 7 heteroatoms. The van der Waals surface area contributed by atoms with Crippen molar-refractivity contribution in [1.82, 2.24) is 0 Å². The number of hydrogen-bond donors (Lipinski definition) is 1. The maximum absolute atomic E-state index is 14.1. The predicted molar refractivity (Wildman–Crippen MR) is 98.1 cm³/mol. The van der Waals surface area contributed by atoms with Crippen LogP contribution in [0.5, 0.6) is 0 Å². The standard InChI is InChI=1S/C20H21FN2O4/c1-12-18-16(24)3-2-4-17(18)27-19(12)20(25)22-14-9-13(21)10-15(11-14)23-5-7-26-8-6-23/h9-11H,2-8H2,1H3,(H,22,25). The first kappa shape index (κ1) is 17.7. The van der Waals surface area contributed by atoms with Crippen LogP contribution in [0.2, 0.25) is 0 Å². The van der Waals surface area contributed by atoms with E-state index in [2.05, 4.69) is 5.32 Å². The molecule has 0 spiro atoms. The molecule has 0 bridgehead atoms. The van der Waals surface area contributed by atoms with Gasteiger partial charge in [-0.15, -0.1) is 0 Å². The van der Waals surface area contributed by atoms with Crippen molar-refractivity contribution in [3.8, 4) is 0 Å².